The molecule has 0 saturated heterocycles. The van der Waals surface area contributed by atoms with Crippen molar-refractivity contribution < 1.29 is 4.79 Å². The van der Waals surface area contributed by atoms with Crippen molar-refractivity contribution in [3.05, 3.63) is 28.2 Å². The summed E-state index contributed by atoms with van der Waals surface area (Å²) < 4.78 is 0. The molecule has 114 valence electrons. The molecule has 0 bridgehead atoms. The van der Waals surface area contributed by atoms with Gasteiger partial charge in [-0.25, -0.2) is 4.98 Å². The van der Waals surface area contributed by atoms with Gasteiger partial charge in [-0.1, -0.05) is 12.2 Å². The summed E-state index contributed by atoms with van der Waals surface area (Å²) in [5.74, 6) is 0.701. The van der Waals surface area contributed by atoms with Crippen LogP contribution in [0.15, 0.2) is 22.7 Å². The summed E-state index contributed by atoms with van der Waals surface area (Å²) in [6.45, 7) is 3.01. The molecule has 2 rings (SSSR count). The molecular formula is C14H21N5OS. The van der Waals surface area contributed by atoms with E-state index in [2.05, 4.69) is 38.1 Å². The maximum absolute atomic E-state index is 11.9. The fourth-order valence-corrected chi connectivity index (χ4v) is 2.80. The Kier molecular flexibility index (Phi) is 5.74. The zero-order valence-electron chi connectivity index (χ0n) is 12.3. The molecule has 7 heteroatoms. The smallest absolute Gasteiger partial charge is 0.263 e. The van der Waals surface area contributed by atoms with Gasteiger partial charge in [0.25, 0.3) is 5.91 Å². The van der Waals surface area contributed by atoms with E-state index in [1.54, 1.807) is 12.6 Å². The monoisotopic (exact) mass is 307 g/mol. The minimum absolute atomic E-state index is 0.0697. The van der Waals surface area contributed by atoms with Crippen LogP contribution in [-0.4, -0.2) is 43.0 Å². The Morgan fingerprint density at radius 2 is 2.10 bits per heavy atom. The second-order valence-corrected chi connectivity index (χ2v) is 5.66. The number of amides is 1. The maximum Gasteiger partial charge on any atom is 0.263 e. The van der Waals surface area contributed by atoms with E-state index in [-0.39, 0.29) is 5.91 Å². The van der Waals surface area contributed by atoms with E-state index in [0.717, 1.165) is 24.5 Å². The first-order chi connectivity index (χ1) is 10.2. The van der Waals surface area contributed by atoms with Crippen molar-refractivity contribution in [1.82, 2.24) is 20.9 Å². The Hall–Kier alpha value is -1.89. The number of aryl methyl sites for hydroxylation is 1. The fourth-order valence-electron chi connectivity index (χ4n) is 2.08. The van der Waals surface area contributed by atoms with Gasteiger partial charge in [0.2, 0.25) is 0 Å². The number of nitrogens with one attached hydrogen (secondary N) is 3. The third-order valence-corrected chi connectivity index (χ3v) is 4.15. The van der Waals surface area contributed by atoms with Gasteiger partial charge in [0, 0.05) is 26.2 Å². The van der Waals surface area contributed by atoms with Gasteiger partial charge in [-0.05, 0) is 19.8 Å². The van der Waals surface area contributed by atoms with Gasteiger partial charge in [0.1, 0.15) is 4.88 Å². The second kappa shape index (κ2) is 7.78. The van der Waals surface area contributed by atoms with E-state index < -0.39 is 0 Å². The van der Waals surface area contributed by atoms with E-state index in [4.69, 9.17) is 0 Å². The van der Waals surface area contributed by atoms with E-state index >= 15 is 0 Å². The lowest BCUT2D eigenvalue weighted by Crippen LogP contribution is -2.45. The molecule has 1 aliphatic carbocycles. The van der Waals surface area contributed by atoms with E-state index in [1.807, 2.05) is 6.92 Å². The number of carbonyl (C=O) groups excluding carboxylic acids is 1. The normalized spacial score (nSPS) is 15.2. The van der Waals surface area contributed by atoms with Crippen LogP contribution in [0.3, 0.4) is 0 Å². The van der Waals surface area contributed by atoms with Gasteiger partial charge in [0.05, 0.1) is 11.2 Å². The molecule has 1 aromatic heterocycles. The van der Waals surface area contributed by atoms with Crippen molar-refractivity contribution in [2.24, 2.45) is 4.99 Å². The first-order valence-corrected chi connectivity index (χ1v) is 7.89. The van der Waals surface area contributed by atoms with E-state index in [9.17, 15) is 4.79 Å². The van der Waals surface area contributed by atoms with Gasteiger partial charge >= 0.3 is 0 Å². The predicted molar refractivity (Wildman–Crippen MR) is 85.8 cm³/mol. The van der Waals surface area contributed by atoms with Gasteiger partial charge in [-0.15, -0.1) is 11.3 Å². The third kappa shape index (κ3) is 4.56. The molecule has 1 aliphatic rings. The number of rotatable bonds is 5. The number of carbonyl (C=O) groups is 1. The summed E-state index contributed by atoms with van der Waals surface area (Å²) in [6, 6.07) is 0.422. The van der Waals surface area contributed by atoms with Crippen LogP contribution in [-0.2, 0) is 0 Å². The molecule has 0 saturated carbocycles. The van der Waals surface area contributed by atoms with Crippen molar-refractivity contribution in [3.8, 4) is 0 Å². The lowest BCUT2D eigenvalue weighted by Gasteiger charge is -2.16. The van der Waals surface area contributed by atoms with Crippen LogP contribution in [0, 0.1) is 6.92 Å². The van der Waals surface area contributed by atoms with E-state index in [0.29, 0.717) is 24.0 Å². The highest BCUT2D eigenvalue weighted by Gasteiger charge is 2.12. The molecule has 0 spiro atoms. The Labute approximate surface area is 128 Å². The molecule has 0 aromatic carbocycles. The largest absolute Gasteiger partial charge is 0.355 e. The SMILES string of the molecule is CN=C(NCCNC(=O)c1scnc1C)NC1CC=CC1. The number of hydrogen-bond acceptors (Lipinski definition) is 4. The standard InChI is InChI=1S/C14H21N5OS/c1-10-12(21-9-18-10)13(20)16-7-8-17-14(15-2)19-11-5-3-4-6-11/h3-4,9,11H,5-8H2,1-2H3,(H,16,20)(H2,15,17,19). The number of aromatic nitrogens is 1. The van der Waals surface area contributed by atoms with Crippen molar-refractivity contribution in [2.75, 3.05) is 20.1 Å². The molecule has 1 heterocycles. The molecule has 0 atom stereocenters. The molecule has 21 heavy (non-hydrogen) atoms. The highest BCUT2D eigenvalue weighted by molar-refractivity contribution is 7.11. The number of aliphatic imine (C=N–C) groups is 1. The lowest BCUT2D eigenvalue weighted by molar-refractivity contribution is 0.0957. The van der Waals surface area contributed by atoms with Crippen molar-refractivity contribution >= 4 is 23.2 Å². The minimum Gasteiger partial charge on any atom is -0.355 e. The molecule has 0 fully saturated rings. The number of hydrogen-bond donors (Lipinski definition) is 3. The molecule has 0 radical (unpaired) electrons. The summed E-state index contributed by atoms with van der Waals surface area (Å²) in [6.07, 6.45) is 6.40. The third-order valence-electron chi connectivity index (χ3n) is 3.23. The molecule has 6 nitrogen and oxygen atoms in total. The van der Waals surface area contributed by atoms with Crippen molar-refractivity contribution in [1.29, 1.82) is 0 Å². The first-order valence-electron chi connectivity index (χ1n) is 7.01. The van der Waals surface area contributed by atoms with Crippen LogP contribution < -0.4 is 16.0 Å². The van der Waals surface area contributed by atoms with Crippen molar-refractivity contribution in [3.63, 3.8) is 0 Å². The summed E-state index contributed by atoms with van der Waals surface area (Å²) in [4.78, 5) is 20.8. The van der Waals surface area contributed by atoms with Gasteiger partial charge in [-0.2, -0.15) is 0 Å². The Bertz CT molecular complexity index is 529. The molecule has 0 aliphatic heterocycles. The Morgan fingerprint density at radius 3 is 2.71 bits per heavy atom. The van der Waals surface area contributed by atoms with Crippen molar-refractivity contribution in [2.45, 2.75) is 25.8 Å². The van der Waals surface area contributed by atoms with Crippen LogP contribution in [0.5, 0.6) is 0 Å². The zero-order valence-corrected chi connectivity index (χ0v) is 13.2. The Morgan fingerprint density at radius 1 is 1.38 bits per heavy atom. The van der Waals surface area contributed by atoms with Crippen LogP contribution in [0.25, 0.3) is 0 Å². The van der Waals surface area contributed by atoms with E-state index in [1.165, 1.54) is 11.3 Å². The summed E-state index contributed by atoms with van der Waals surface area (Å²) in [5.41, 5.74) is 2.46. The van der Waals surface area contributed by atoms with Crippen LogP contribution >= 0.6 is 11.3 Å². The second-order valence-electron chi connectivity index (χ2n) is 4.81. The highest BCUT2D eigenvalue weighted by Crippen LogP contribution is 2.11. The van der Waals surface area contributed by atoms with Crippen LogP contribution in [0.4, 0.5) is 0 Å². The molecule has 1 aromatic rings. The predicted octanol–water partition coefficient (Wildman–Crippen LogP) is 1.06. The Balaban J connectivity index is 1.66. The first kappa shape index (κ1) is 15.5. The zero-order chi connectivity index (χ0) is 15.1. The van der Waals surface area contributed by atoms with Gasteiger partial charge in [-0.3, -0.25) is 9.79 Å². The maximum atomic E-state index is 11.9. The number of thiazole rings is 1. The summed E-state index contributed by atoms with van der Waals surface area (Å²) >= 11 is 1.36. The quantitative estimate of drug-likeness (QED) is 0.329. The average molecular weight is 307 g/mol. The molecule has 0 unspecified atom stereocenters. The lowest BCUT2D eigenvalue weighted by atomic mass is 10.2. The summed E-state index contributed by atoms with van der Waals surface area (Å²) in [7, 11) is 1.75. The average Bonchev–Trinajstić information content (AvgIpc) is 3.13. The fraction of sp³-hybridized carbons (Fsp3) is 0.500. The molecule has 1 amide bonds. The molecule has 3 N–H and O–H groups in total. The molecular weight excluding hydrogens is 286 g/mol. The van der Waals surface area contributed by atoms with Gasteiger partial charge < -0.3 is 16.0 Å². The van der Waals surface area contributed by atoms with Gasteiger partial charge in [0.15, 0.2) is 5.96 Å². The number of guanidine groups is 1. The number of nitrogens with zero attached hydrogens (tertiary/aromatic N) is 2. The highest BCUT2D eigenvalue weighted by atomic mass is 32.1. The van der Waals surface area contributed by atoms with Crippen LogP contribution in [0.1, 0.15) is 28.2 Å². The summed E-state index contributed by atoms with van der Waals surface area (Å²) in [5, 5.41) is 9.41. The topological polar surface area (TPSA) is 78.4 Å². The minimum atomic E-state index is -0.0697. The van der Waals surface area contributed by atoms with Crippen LogP contribution in [0.2, 0.25) is 0 Å².